The summed E-state index contributed by atoms with van der Waals surface area (Å²) in [7, 11) is 3.34. The van der Waals surface area contributed by atoms with Gasteiger partial charge in [-0.2, -0.15) is 4.98 Å². The minimum Gasteiger partial charge on any atom is -0.495 e. The second-order valence-electron chi connectivity index (χ2n) is 14.5. The van der Waals surface area contributed by atoms with Gasteiger partial charge < -0.3 is 40.9 Å². The molecule has 2 atom stereocenters. The molecule has 1 aromatic carbocycles. The predicted octanol–water partition coefficient (Wildman–Crippen LogP) is 4.15. The molecule has 3 heterocycles. The third-order valence-corrected chi connectivity index (χ3v) is 10.6. The van der Waals surface area contributed by atoms with Crippen molar-refractivity contribution < 1.29 is 24.2 Å². The van der Waals surface area contributed by atoms with Gasteiger partial charge in [0.15, 0.2) is 5.82 Å². The molecule has 2 aliphatic heterocycles. The van der Waals surface area contributed by atoms with Gasteiger partial charge in [-0.3, -0.25) is 14.4 Å². The lowest BCUT2D eigenvalue weighted by atomic mass is 9.72. The van der Waals surface area contributed by atoms with Crippen LogP contribution in [0.3, 0.4) is 0 Å². The fraction of sp³-hybridized carbons (Fsp3) is 0.629. The number of ether oxygens (including phenoxy) is 1. The number of methoxy groups -OCH3 is 1. The number of piperidine rings is 1. The van der Waals surface area contributed by atoms with Crippen LogP contribution >= 0.6 is 0 Å². The number of aliphatic carboxylic acids is 1. The topological polar surface area (TPSA) is 166 Å². The predicted molar refractivity (Wildman–Crippen MR) is 186 cm³/mol. The molecular weight excluding hydrogens is 612 g/mol. The molecule has 0 unspecified atom stereocenters. The van der Waals surface area contributed by atoms with Gasteiger partial charge in [-0.05, 0) is 62.1 Å². The molecule has 2 amide bonds. The van der Waals surface area contributed by atoms with E-state index in [0.29, 0.717) is 48.0 Å². The van der Waals surface area contributed by atoms with Gasteiger partial charge in [0, 0.05) is 44.3 Å². The number of nitrogens with one attached hydrogen (secondary N) is 2. The highest BCUT2D eigenvalue weighted by atomic mass is 16.5. The van der Waals surface area contributed by atoms with Crippen molar-refractivity contribution in [2.45, 2.75) is 103 Å². The van der Waals surface area contributed by atoms with Crippen molar-refractivity contribution in [3.05, 3.63) is 30.0 Å². The number of nitrogens with zero attached hydrogens (tertiary/aromatic N) is 5. The van der Waals surface area contributed by atoms with Crippen molar-refractivity contribution in [2.75, 3.05) is 48.9 Å². The van der Waals surface area contributed by atoms with Crippen LogP contribution in [0.1, 0.15) is 89.4 Å². The van der Waals surface area contributed by atoms with Crippen molar-refractivity contribution >= 4 is 40.9 Å². The van der Waals surface area contributed by atoms with E-state index in [-0.39, 0.29) is 29.9 Å². The smallest absolute Gasteiger partial charge is 0.324 e. The quantitative estimate of drug-likeness (QED) is 0.273. The van der Waals surface area contributed by atoms with E-state index in [2.05, 4.69) is 25.4 Å². The largest absolute Gasteiger partial charge is 0.495 e. The van der Waals surface area contributed by atoms with Crippen molar-refractivity contribution in [1.82, 2.24) is 20.2 Å². The fourth-order valence-electron chi connectivity index (χ4n) is 7.21. The number of amides is 2. The molecule has 0 bridgehead atoms. The van der Waals surface area contributed by atoms with Crippen molar-refractivity contribution in [2.24, 2.45) is 11.1 Å². The number of aromatic nitrogens is 2. The standard InChI is InChI=1S/C35H52N8O5/c1-7-26-31(45)41(5)27-21-37-33(40-29(27)43(26)24-10-8-9-11-24)39-25-13-12-22(20-28(25)48-6)30(44)38-23-14-17-42(18-15-23)19-16-35(36,32(46)47)34(2,3)4/h12-13,20-21,23-24,26H,7-11,14-19,36H2,1-6H3,(H,38,44)(H,46,47)(H,37,39,40)/t26-,35-/m1/s1. The van der Waals surface area contributed by atoms with Gasteiger partial charge >= 0.3 is 5.97 Å². The zero-order valence-electron chi connectivity index (χ0n) is 29.2. The van der Waals surface area contributed by atoms with Gasteiger partial charge in [0.05, 0.1) is 19.0 Å². The zero-order chi connectivity index (χ0) is 34.8. The molecule has 2 fully saturated rings. The lowest BCUT2D eigenvalue weighted by Crippen LogP contribution is -2.59. The first kappa shape index (κ1) is 35.3. The van der Waals surface area contributed by atoms with E-state index >= 15 is 0 Å². The van der Waals surface area contributed by atoms with Crippen LogP contribution in [0, 0.1) is 5.41 Å². The van der Waals surface area contributed by atoms with Gasteiger partial charge in [0.2, 0.25) is 11.9 Å². The Labute approximate surface area is 283 Å². The SMILES string of the molecule is CC[C@@H]1C(=O)N(C)c2cnc(Nc3ccc(C(=O)NC4CCN(CC[C@@](N)(C(=O)O)C(C)(C)C)CC4)cc3OC)nc2N1C1CCCC1. The number of hydrogen-bond donors (Lipinski definition) is 4. The molecule has 1 aromatic heterocycles. The normalized spacial score (nSPS) is 20.7. The highest BCUT2D eigenvalue weighted by molar-refractivity contribution is 6.04. The average molecular weight is 665 g/mol. The summed E-state index contributed by atoms with van der Waals surface area (Å²) in [6, 6.07) is 5.25. The van der Waals surface area contributed by atoms with Crippen molar-refractivity contribution in [3.63, 3.8) is 0 Å². The van der Waals surface area contributed by atoms with Crippen LogP contribution in [0.5, 0.6) is 5.75 Å². The van der Waals surface area contributed by atoms with Crippen LogP contribution in [0.2, 0.25) is 0 Å². The second-order valence-corrected chi connectivity index (χ2v) is 14.5. The summed E-state index contributed by atoms with van der Waals surface area (Å²) >= 11 is 0. The molecule has 5 N–H and O–H groups in total. The number of carboxylic acids is 1. The number of benzene rings is 1. The number of carboxylic acid groups (broad SMARTS) is 1. The Morgan fingerprint density at radius 1 is 1.12 bits per heavy atom. The number of likely N-dealkylation sites (N-methyl/N-ethyl adjacent to an activating group) is 1. The van der Waals surface area contributed by atoms with Gasteiger partial charge in [0.1, 0.15) is 23.0 Å². The van der Waals surface area contributed by atoms with Gasteiger partial charge in [0.25, 0.3) is 5.91 Å². The van der Waals surface area contributed by atoms with E-state index in [9.17, 15) is 19.5 Å². The van der Waals surface area contributed by atoms with Crippen LogP contribution in [0.15, 0.2) is 24.4 Å². The minimum atomic E-state index is -1.31. The van der Waals surface area contributed by atoms with Crippen molar-refractivity contribution in [3.8, 4) is 5.75 Å². The molecular formula is C35H52N8O5. The molecule has 1 saturated heterocycles. The summed E-state index contributed by atoms with van der Waals surface area (Å²) < 4.78 is 5.67. The molecule has 13 nitrogen and oxygen atoms in total. The monoisotopic (exact) mass is 664 g/mol. The Bertz CT molecular complexity index is 1500. The summed E-state index contributed by atoms with van der Waals surface area (Å²) in [6.45, 7) is 9.70. The van der Waals surface area contributed by atoms with E-state index in [1.165, 1.54) is 0 Å². The third kappa shape index (κ3) is 7.07. The van der Waals surface area contributed by atoms with E-state index < -0.39 is 16.9 Å². The molecule has 0 radical (unpaired) electrons. The summed E-state index contributed by atoms with van der Waals surface area (Å²) in [5.74, 6) is 0.519. The lowest BCUT2D eigenvalue weighted by molar-refractivity contribution is -0.148. The number of likely N-dealkylation sites (tertiary alicyclic amines) is 1. The molecule has 13 heteroatoms. The summed E-state index contributed by atoms with van der Waals surface area (Å²) in [5.41, 5.74) is 6.24. The first-order valence-electron chi connectivity index (χ1n) is 17.2. The Morgan fingerprint density at radius 2 is 1.81 bits per heavy atom. The maximum atomic E-state index is 13.3. The van der Waals surface area contributed by atoms with Crippen LogP contribution in [0.25, 0.3) is 0 Å². The van der Waals surface area contributed by atoms with Gasteiger partial charge in [-0.1, -0.05) is 40.5 Å². The average Bonchev–Trinajstić information content (AvgIpc) is 3.60. The molecule has 1 aliphatic carbocycles. The Kier molecular flexibility index (Phi) is 10.5. The van der Waals surface area contributed by atoms with Crippen LogP contribution in [0.4, 0.5) is 23.1 Å². The third-order valence-electron chi connectivity index (χ3n) is 10.6. The zero-order valence-corrected chi connectivity index (χ0v) is 29.2. The molecule has 1 saturated carbocycles. The maximum absolute atomic E-state index is 13.3. The number of nitrogens with two attached hydrogens (primary N) is 1. The number of anilines is 4. The van der Waals surface area contributed by atoms with Gasteiger partial charge in [-0.15, -0.1) is 0 Å². The summed E-state index contributed by atoms with van der Waals surface area (Å²) in [4.78, 5) is 54.0. The summed E-state index contributed by atoms with van der Waals surface area (Å²) in [5, 5.41) is 16.2. The lowest BCUT2D eigenvalue weighted by Gasteiger charge is -2.43. The Hall–Kier alpha value is -3.97. The number of rotatable bonds is 11. The van der Waals surface area contributed by atoms with Crippen LogP contribution in [-0.4, -0.2) is 95.2 Å². The molecule has 2 aromatic rings. The number of hydrogen-bond acceptors (Lipinski definition) is 10. The first-order valence-corrected chi connectivity index (χ1v) is 17.2. The fourth-order valence-corrected chi connectivity index (χ4v) is 7.21. The summed E-state index contributed by atoms with van der Waals surface area (Å²) in [6.07, 6.45) is 8.63. The molecule has 0 spiro atoms. The minimum absolute atomic E-state index is 0.00550. The number of carbonyl (C=O) groups is 3. The van der Waals surface area contributed by atoms with Crippen LogP contribution in [-0.2, 0) is 9.59 Å². The van der Waals surface area contributed by atoms with Crippen LogP contribution < -0.4 is 30.9 Å². The first-order chi connectivity index (χ1) is 22.8. The van der Waals surface area contributed by atoms with E-state index in [4.69, 9.17) is 15.5 Å². The van der Waals surface area contributed by atoms with Crippen molar-refractivity contribution in [1.29, 1.82) is 0 Å². The maximum Gasteiger partial charge on any atom is 0.324 e. The number of carbonyl (C=O) groups excluding carboxylic acids is 2. The highest BCUT2D eigenvalue weighted by Gasteiger charge is 2.45. The highest BCUT2D eigenvalue weighted by Crippen LogP contribution is 2.40. The Morgan fingerprint density at radius 3 is 2.42 bits per heavy atom. The van der Waals surface area contributed by atoms with Gasteiger partial charge in [-0.25, -0.2) is 4.98 Å². The molecule has 262 valence electrons. The second kappa shape index (κ2) is 14.3. The molecule has 5 rings (SSSR count). The Balaban J connectivity index is 1.22. The van der Waals surface area contributed by atoms with E-state index in [1.807, 2.05) is 27.7 Å². The number of fused-ring (bicyclic) bond motifs is 1. The van der Waals surface area contributed by atoms with E-state index in [0.717, 1.165) is 57.4 Å². The molecule has 48 heavy (non-hydrogen) atoms. The van der Waals surface area contributed by atoms with E-state index in [1.54, 1.807) is 43.5 Å². The molecule has 3 aliphatic rings.